The summed E-state index contributed by atoms with van der Waals surface area (Å²) in [6, 6.07) is 0. The fraction of sp³-hybridized carbons (Fsp3) is 0.971. The molecule has 216 valence electrons. The van der Waals surface area contributed by atoms with Crippen LogP contribution in [0, 0.1) is 5.92 Å². The Morgan fingerprint density at radius 3 is 1.11 bits per heavy atom. The zero-order valence-electron chi connectivity index (χ0n) is 25.4. The van der Waals surface area contributed by atoms with E-state index in [2.05, 4.69) is 20.8 Å². The zero-order chi connectivity index (χ0) is 26.4. The van der Waals surface area contributed by atoms with Gasteiger partial charge in [0.2, 0.25) is 0 Å². The van der Waals surface area contributed by atoms with Crippen molar-refractivity contribution >= 4 is 5.97 Å². The molecule has 0 aliphatic carbocycles. The summed E-state index contributed by atoms with van der Waals surface area (Å²) < 4.78 is 5.78. The first kappa shape index (κ1) is 35.5. The molecule has 0 aromatic rings. The van der Waals surface area contributed by atoms with Crippen molar-refractivity contribution < 1.29 is 9.53 Å². The molecule has 0 radical (unpaired) electrons. The number of carbonyl (C=O) groups excluding carboxylic acids is 1. The summed E-state index contributed by atoms with van der Waals surface area (Å²) in [5.74, 6) is 0.632. The number of hydrogen-bond donors (Lipinski definition) is 0. The first-order chi connectivity index (χ1) is 17.7. The van der Waals surface area contributed by atoms with Gasteiger partial charge in [0.05, 0.1) is 6.61 Å². The van der Waals surface area contributed by atoms with E-state index < -0.39 is 0 Å². The third-order valence-corrected chi connectivity index (χ3v) is 7.90. The SMILES string of the molecule is CCCCCCCCCCCCCC(=O)OCC(CCCCCCCC)CCCCCCCCCC. The fourth-order valence-corrected chi connectivity index (χ4v) is 5.31. The van der Waals surface area contributed by atoms with Crippen molar-refractivity contribution in [2.45, 2.75) is 201 Å². The van der Waals surface area contributed by atoms with Crippen LogP contribution in [0.15, 0.2) is 0 Å². The minimum atomic E-state index is 0.0507. The van der Waals surface area contributed by atoms with Crippen LogP contribution in [-0.4, -0.2) is 12.6 Å². The zero-order valence-corrected chi connectivity index (χ0v) is 25.4. The van der Waals surface area contributed by atoms with Crippen LogP contribution < -0.4 is 0 Å². The van der Waals surface area contributed by atoms with E-state index in [0.29, 0.717) is 18.9 Å². The molecule has 2 heteroatoms. The van der Waals surface area contributed by atoms with Crippen LogP contribution in [0.25, 0.3) is 0 Å². The lowest BCUT2D eigenvalue weighted by atomic mass is 9.94. The van der Waals surface area contributed by atoms with E-state index in [4.69, 9.17) is 4.74 Å². The van der Waals surface area contributed by atoms with Gasteiger partial charge >= 0.3 is 5.97 Å². The van der Waals surface area contributed by atoms with Crippen molar-refractivity contribution in [2.75, 3.05) is 6.61 Å². The molecule has 0 fully saturated rings. The third kappa shape index (κ3) is 28.0. The van der Waals surface area contributed by atoms with E-state index in [1.165, 1.54) is 167 Å². The highest BCUT2D eigenvalue weighted by Crippen LogP contribution is 2.20. The van der Waals surface area contributed by atoms with Gasteiger partial charge in [0.25, 0.3) is 0 Å². The van der Waals surface area contributed by atoms with Gasteiger partial charge in [-0.3, -0.25) is 4.79 Å². The lowest BCUT2D eigenvalue weighted by Crippen LogP contribution is -2.14. The first-order valence-corrected chi connectivity index (χ1v) is 16.9. The molecule has 2 nitrogen and oxygen atoms in total. The van der Waals surface area contributed by atoms with Crippen LogP contribution in [0.2, 0.25) is 0 Å². The Balaban J connectivity index is 3.90. The van der Waals surface area contributed by atoms with Crippen LogP contribution in [0.1, 0.15) is 201 Å². The molecule has 1 atom stereocenters. The molecule has 0 aliphatic rings. The van der Waals surface area contributed by atoms with E-state index in [1.54, 1.807) is 0 Å². The van der Waals surface area contributed by atoms with Crippen molar-refractivity contribution in [2.24, 2.45) is 5.92 Å². The number of unbranched alkanes of at least 4 members (excludes halogenated alkanes) is 22. The molecule has 36 heavy (non-hydrogen) atoms. The molecular formula is C34H68O2. The highest BCUT2D eigenvalue weighted by atomic mass is 16.5. The summed E-state index contributed by atoms with van der Waals surface area (Å²) in [5, 5.41) is 0. The van der Waals surface area contributed by atoms with Crippen LogP contribution in [-0.2, 0) is 9.53 Å². The molecule has 0 saturated carbocycles. The Hall–Kier alpha value is -0.530. The van der Waals surface area contributed by atoms with Crippen molar-refractivity contribution in [3.05, 3.63) is 0 Å². The van der Waals surface area contributed by atoms with Crippen LogP contribution >= 0.6 is 0 Å². The van der Waals surface area contributed by atoms with E-state index in [9.17, 15) is 4.79 Å². The Kier molecular flexibility index (Phi) is 30.2. The van der Waals surface area contributed by atoms with Crippen LogP contribution in [0.5, 0.6) is 0 Å². The van der Waals surface area contributed by atoms with Gasteiger partial charge in [-0.2, -0.15) is 0 Å². The second-order valence-corrected chi connectivity index (χ2v) is 11.7. The maximum Gasteiger partial charge on any atom is 0.305 e. The quantitative estimate of drug-likeness (QED) is 0.0712. The Morgan fingerprint density at radius 1 is 0.444 bits per heavy atom. The highest BCUT2D eigenvalue weighted by Gasteiger charge is 2.12. The Bertz CT molecular complexity index is 419. The van der Waals surface area contributed by atoms with E-state index in [0.717, 1.165) is 6.42 Å². The van der Waals surface area contributed by atoms with Gasteiger partial charge in [0.15, 0.2) is 0 Å². The van der Waals surface area contributed by atoms with E-state index in [-0.39, 0.29) is 5.97 Å². The van der Waals surface area contributed by atoms with E-state index >= 15 is 0 Å². The fourth-order valence-electron chi connectivity index (χ4n) is 5.31. The average Bonchev–Trinajstić information content (AvgIpc) is 2.88. The van der Waals surface area contributed by atoms with Gasteiger partial charge in [0, 0.05) is 6.42 Å². The van der Waals surface area contributed by atoms with Crippen LogP contribution in [0.3, 0.4) is 0 Å². The topological polar surface area (TPSA) is 26.3 Å². The first-order valence-electron chi connectivity index (χ1n) is 16.9. The number of ether oxygens (including phenoxy) is 1. The number of carbonyl (C=O) groups is 1. The van der Waals surface area contributed by atoms with Crippen molar-refractivity contribution in [1.82, 2.24) is 0 Å². The summed E-state index contributed by atoms with van der Waals surface area (Å²) in [5.41, 5.74) is 0. The molecule has 0 amide bonds. The molecule has 0 rings (SSSR count). The van der Waals surface area contributed by atoms with Crippen molar-refractivity contribution in [1.29, 1.82) is 0 Å². The maximum absolute atomic E-state index is 12.3. The van der Waals surface area contributed by atoms with Crippen LogP contribution in [0.4, 0.5) is 0 Å². The maximum atomic E-state index is 12.3. The van der Waals surface area contributed by atoms with Gasteiger partial charge in [0.1, 0.15) is 0 Å². The molecule has 0 aliphatic heterocycles. The Labute approximate surface area is 228 Å². The monoisotopic (exact) mass is 509 g/mol. The van der Waals surface area contributed by atoms with Crippen molar-refractivity contribution in [3.63, 3.8) is 0 Å². The number of esters is 1. The van der Waals surface area contributed by atoms with Crippen molar-refractivity contribution in [3.8, 4) is 0 Å². The lowest BCUT2D eigenvalue weighted by Gasteiger charge is -2.17. The predicted octanol–water partition coefficient (Wildman–Crippen LogP) is 12.1. The molecule has 0 spiro atoms. The standard InChI is InChI=1S/C34H68O2/c1-4-7-10-13-16-18-19-20-22-25-28-31-34(35)36-32-33(29-26-23-15-12-9-6-3)30-27-24-21-17-14-11-8-5-2/h33H,4-32H2,1-3H3. The number of hydrogen-bond acceptors (Lipinski definition) is 2. The van der Waals surface area contributed by atoms with Gasteiger partial charge in [-0.1, -0.05) is 175 Å². The minimum absolute atomic E-state index is 0.0507. The average molecular weight is 509 g/mol. The molecule has 0 aromatic carbocycles. The lowest BCUT2D eigenvalue weighted by molar-refractivity contribution is -0.145. The summed E-state index contributed by atoms with van der Waals surface area (Å²) in [7, 11) is 0. The Morgan fingerprint density at radius 2 is 0.750 bits per heavy atom. The number of rotatable bonds is 30. The van der Waals surface area contributed by atoms with Gasteiger partial charge in [-0.15, -0.1) is 0 Å². The van der Waals surface area contributed by atoms with Gasteiger partial charge in [-0.05, 0) is 25.2 Å². The minimum Gasteiger partial charge on any atom is -0.465 e. The van der Waals surface area contributed by atoms with Gasteiger partial charge < -0.3 is 4.74 Å². The third-order valence-electron chi connectivity index (χ3n) is 7.90. The molecule has 0 bridgehead atoms. The highest BCUT2D eigenvalue weighted by molar-refractivity contribution is 5.69. The molecule has 0 N–H and O–H groups in total. The molecule has 0 aromatic heterocycles. The smallest absolute Gasteiger partial charge is 0.305 e. The summed E-state index contributed by atoms with van der Waals surface area (Å²) in [6.45, 7) is 7.52. The van der Waals surface area contributed by atoms with E-state index in [1.807, 2.05) is 0 Å². The van der Waals surface area contributed by atoms with Gasteiger partial charge in [-0.25, -0.2) is 0 Å². The summed E-state index contributed by atoms with van der Waals surface area (Å²) in [4.78, 5) is 12.3. The molecule has 0 heterocycles. The summed E-state index contributed by atoms with van der Waals surface area (Å²) >= 11 is 0. The largest absolute Gasteiger partial charge is 0.465 e. The molecular weight excluding hydrogens is 440 g/mol. The predicted molar refractivity (Wildman–Crippen MR) is 161 cm³/mol. The second-order valence-electron chi connectivity index (χ2n) is 11.7. The molecule has 0 saturated heterocycles. The normalized spacial score (nSPS) is 12.2. The molecule has 1 unspecified atom stereocenters. The summed E-state index contributed by atoms with van der Waals surface area (Å²) in [6.07, 6.45) is 36.7. The second kappa shape index (κ2) is 30.7.